The molecule has 0 aliphatic rings. The van der Waals surface area contributed by atoms with Crippen LogP contribution in [0.2, 0.25) is 0 Å². The molecule has 0 aliphatic heterocycles. The number of halogens is 3. The summed E-state index contributed by atoms with van der Waals surface area (Å²) in [6, 6.07) is 9.61. The molecular formula is C22H24F3N3O2S2. The van der Waals surface area contributed by atoms with Crippen LogP contribution in [0.25, 0.3) is 11.3 Å². The van der Waals surface area contributed by atoms with E-state index in [1.54, 1.807) is 7.11 Å². The van der Waals surface area contributed by atoms with E-state index in [9.17, 15) is 17.4 Å². The van der Waals surface area contributed by atoms with Crippen LogP contribution in [0.15, 0.2) is 56.7 Å². The van der Waals surface area contributed by atoms with E-state index < -0.39 is 26.8 Å². The van der Waals surface area contributed by atoms with E-state index in [-0.39, 0.29) is 0 Å². The second-order valence-electron chi connectivity index (χ2n) is 7.08. The van der Waals surface area contributed by atoms with Crippen molar-refractivity contribution in [3.8, 4) is 17.0 Å². The second kappa shape index (κ2) is 9.99. The number of nitrogens with zero attached hydrogens (tertiary/aromatic N) is 3. The Morgan fingerprint density at radius 1 is 1.19 bits per heavy atom. The summed E-state index contributed by atoms with van der Waals surface area (Å²) in [6.45, 7) is 2.00. The lowest BCUT2D eigenvalue weighted by Crippen LogP contribution is -2.15. The molecule has 5 nitrogen and oxygen atoms in total. The third-order valence-electron chi connectivity index (χ3n) is 5.04. The van der Waals surface area contributed by atoms with Gasteiger partial charge >= 0.3 is 6.18 Å². The van der Waals surface area contributed by atoms with Crippen LogP contribution >= 0.6 is 11.3 Å². The van der Waals surface area contributed by atoms with Crippen LogP contribution in [0, 0.1) is 0 Å². The van der Waals surface area contributed by atoms with Gasteiger partial charge in [-0.25, -0.2) is 13.6 Å². The zero-order chi connectivity index (χ0) is 23.4. The number of hydrogen-bond acceptors (Lipinski definition) is 6. The van der Waals surface area contributed by atoms with Gasteiger partial charge in [-0.15, -0.1) is 11.3 Å². The maximum Gasteiger partial charge on any atom is 0.433 e. The van der Waals surface area contributed by atoms with Gasteiger partial charge in [-0.2, -0.15) is 13.2 Å². The Bertz CT molecular complexity index is 1150. The van der Waals surface area contributed by atoms with E-state index in [1.807, 2.05) is 36.6 Å². The molecule has 0 spiro atoms. The van der Waals surface area contributed by atoms with Gasteiger partial charge in [0.05, 0.1) is 18.1 Å². The maximum absolute atomic E-state index is 14.1. The van der Waals surface area contributed by atoms with Crippen molar-refractivity contribution in [3.63, 3.8) is 0 Å². The van der Waals surface area contributed by atoms with Crippen LogP contribution in [0.3, 0.4) is 0 Å². The summed E-state index contributed by atoms with van der Waals surface area (Å²) < 4.78 is 62.7. The molecule has 10 heteroatoms. The van der Waals surface area contributed by atoms with E-state index in [0.717, 1.165) is 30.7 Å². The van der Waals surface area contributed by atoms with Gasteiger partial charge in [0.1, 0.15) is 21.2 Å². The monoisotopic (exact) mass is 483 g/mol. The van der Waals surface area contributed by atoms with Crippen LogP contribution < -0.4 is 4.74 Å². The lowest BCUT2D eigenvalue weighted by atomic mass is 10.1. The van der Waals surface area contributed by atoms with Crippen LogP contribution in [-0.4, -0.2) is 28.3 Å². The fraction of sp³-hybridized carbons (Fsp3) is 0.364. The van der Waals surface area contributed by atoms with Crippen molar-refractivity contribution < 1.29 is 22.1 Å². The van der Waals surface area contributed by atoms with Crippen molar-refractivity contribution >= 4 is 21.1 Å². The number of aromatic nitrogens is 2. The highest BCUT2D eigenvalue weighted by atomic mass is 32.2. The van der Waals surface area contributed by atoms with E-state index in [4.69, 9.17) is 4.74 Å². The number of pyridine rings is 1. The molecule has 3 rings (SSSR count). The third-order valence-corrected chi connectivity index (χ3v) is 9.10. The minimum absolute atomic E-state index is 0.354. The molecule has 3 aromatic rings. The van der Waals surface area contributed by atoms with Crippen molar-refractivity contribution in [1.82, 2.24) is 9.97 Å². The Morgan fingerprint density at radius 2 is 1.91 bits per heavy atom. The van der Waals surface area contributed by atoms with Crippen molar-refractivity contribution in [3.05, 3.63) is 59.2 Å². The Balaban J connectivity index is 2.01. The molecule has 0 aliphatic carbocycles. The minimum Gasteiger partial charge on any atom is -0.497 e. The summed E-state index contributed by atoms with van der Waals surface area (Å²) in [5.74, 6) is 0.714. The molecule has 0 radical (unpaired) electrons. The Morgan fingerprint density at radius 3 is 2.44 bits per heavy atom. The average Bonchev–Trinajstić information content (AvgIpc) is 3.30. The minimum atomic E-state index is -4.53. The Hall–Kier alpha value is -2.46. The molecule has 0 fully saturated rings. The normalized spacial score (nSPS) is 14.6. The smallest absolute Gasteiger partial charge is 0.433 e. The molecule has 2 heterocycles. The summed E-state index contributed by atoms with van der Waals surface area (Å²) in [7, 11) is 0.0157. The van der Waals surface area contributed by atoms with Crippen molar-refractivity contribution in [2.24, 2.45) is 4.36 Å². The third kappa shape index (κ3) is 5.12. The Labute approximate surface area is 189 Å². The second-order valence-corrected chi connectivity index (χ2v) is 10.7. The van der Waals surface area contributed by atoms with Gasteiger partial charge < -0.3 is 4.74 Å². The van der Waals surface area contributed by atoms with Gasteiger partial charge in [0.2, 0.25) is 0 Å². The molecule has 0 amide bonds. The van der Waals surface area contributed by atoms with Crippen molar-refractivity contribution in [1.29, 1.82) is 0 Å². The predicted octanol–water partition coefficient (Wildman–Crippen LogP) is 6.62. The van der Waals surface area contributed by atoms with Crippen molar-refractivity contribution in [2.75, 3.05) is 14.2 Å². The van der Waals surface area contributed by atoms with Crippen LogP contribution in [-0.2, 0) is 15.9 Å². The summed E-state index contributed by atoms with van der Waals surface area (Å²) in [6.07, 6.45) is -1.28. The first-order valence-corrected chi connectivity index (χ1v) is 12.5. The first-order chi connectivity index (χ1) is 15.2. The zero-order valence-corrected chi connectivity index (χ0v) is 19.6. The molecule has 0 bridgehead atoms. The van der Waals surface area contributed by atoms with E-state index in [1.165, 1.54) is 24.5 Å². The average molecular weight is 484 g/mol. The molecule has 0 N–H and O–H groups in total. The summed E-state index contributed by atoms with van der Waals surface area (Å²) in [4.78, 5) is 8.17. The lowest BCUT2D eigenvalue weighted by Gasteiger charge is -2.20. The number of rotatable bonds is 8. The predicted molar refractivity (Wildman–Crippen MR) is 120 cm³/mol. The highest BCUT2D eigenvalue weighted by Crippen LogP contribution is 2.38. The van der Waals surface area contributed by atoms with Gasteiger partial charge in [0.15, 0.2) is 4.34 Å². The largest absolute Gasteiger partial charge is 0.497 e. The quantitative estimate of drug-likeness (QED) is 0.361. The highest BCUT2D eigenvalue weighted by molar-refractivity contribution is 7.95. The van der Waals surface area contributed by atoms with E-state index >= 15 is 0 Å². The van der Waals surface area contributed by atoms with E-state index in [0.29, 0.717) is 27.8 Å². The first kappa shape index (κ1) is 24.2. The topological polar surface area (TPSA) is 64.4 Å². The summed E-state index contributed by atoms with van der Waals surface area (Å²) in [5.41, 5.74) is 0.978. The molecule has 2 unspecified atom stereocenters. The van der Waals surface area contributed by atoms with Crippen LogP contribution in [0.5, 0.6) is 5.75 Å². The molecule has 172 valence electrons. The number of ether oxygens (including phenoxy) is 1. The molecule has 32 heavy (non-hydrogen) atoms. The van der Waals surface area contributed by atoms with Gasteiger partial charge in [-0.3, -0.25) is 4.98 Å². The number of alkyl halides is 3. The summed E-state index contributed by atoms with van der Waals surface area (Å²) >= 11 is 1.24. The number of benzene rings is 1. The fourth-order valence-electron chi connectivity index (χ4n) is 3.28. The summed E-state index contributed by atoms with van der Waals surface area (Å²) in [5, 5.41) is 1.20. The molecule has 2 aromatic heterocycles. The van der Waals surface area contributed by atoms with Gasteiger partial charge in [0, 0.05) is 24.2 Å². The molecule has 1 aromatic carbocycles. The lowest BCUT2D eigenvalue weighted by molar-refractivity contribution is -0.141. The van der Waals surface area contributed by atoms with E-state index in [2.05, 4.69) is 14.3 Å². The van der Waals surface area contributed by atoms with Gasteiger partial charge in [0.25, 0.3) is 0 Å². The SMILES string of the molecule is CCCCC(c1ccc(C(F)(F)F)nc1)S(=O)(=NC)c1nc(-c2ccc(OC)cc2)cs1. The van der Waals surface area contributed by atoms with Crippen LogP contribution in [0.4, 0.5) is 13.2 Å². The molecular weight excluding hydrogens is 459 g/mol. The van der Waals surface area contributed by atoms with Gasteiger partial charge in [-0.1, -0.05) is 25.8 Å². The Kier molecular flexibility index (Phi) is 7.55. The van der Waals surface area contributed by atoms with Crippen LogP contribution in [0.1, 0.15) is 42.7 Å². The molecule has 0 saturated carbocycles. The standard InChI is InChI=1S/C22H24F3N3O2S2/c1-4-5-6-19(16-9-12-20(27-13-16)22(23,24)25)32(29,26-2)21-28-18(14-31-21)15-7-10-17(30-3)11-8-15/h7-14,19H,4-6H2,1-3H3. The molecule has 0 saturated heterocycles. The number of thiazole rings is 1. The highest BCUT2D eigenvalue weighted by Gasteiger charge is 2.34. The number of hydrogen-bond donors (Lipinski definition) is 0. The fourth-order valence-corrected chi connectivity index (χ4v) is 6.97. The first-order valence-electron chi connectivity index (χ1n) is 10.00. The number of methoxy groups -OCH3 is 1. The van der Waals surface area contributed by atoms with Gasteiger partial charge in [-0.05, 0) is 42.3 Å². The van der Waals surface area contributed by atoms with Crippen molar-refractivity contribution in [2.45, 2.75) is 42.0 Å². The number of unbranched alkanes of at least 4 members (excludes halogenated alkanes) is 1. The molecule has 2 atom stereocenters. The maximum atomic E-state index is 14.1. The zero-order valence-electron chi connectivity index (χ0n) is 17.9.